The summed E-state index contributed by atoms with van der Waals surface area (Å²) in [6.45, 7) is 4.38. The first-order valence-electron chi connectivity index (χ1n) is 7.48. The molecule has 4 rings (SSSR count). The van der Waals surface area contributed by atoms with Crippen LogP contribution in [-0.4, -0.2) is 57.2 Å². The van der Waals surface area contributed by atoms with E-state index in [9.17, 15) is 4.79 Å². The maximum atomic E-state index is 12.6. The number of benzene rings is 1. The van der Waals surface area contributed by atoms with Gasteiger partial charge in [-0.3, -0.25) is 4.79 Å². The van der Waals surface area contributed by atoms with Gasteiger partial charge in [0.05, 0.1) is 17.4 Å². The van der Waals surface area contributed by atoms with Crippen molar-refractivity contribution >= 4 is 23.0 Å². The molecule has 2 aromatic heterocycles. The van der Waals surface area contributed by atoms with E-state index in [0.29, 0.717) is 43.6 Å². The zero-order chi connectivity index (χ0) is 15.8. The van der Waals surface area contributed by atoms with E-state index in [4.69, 9.17) is 4.42 Å². The van der Waals surface area contributed by atoms with Crippen LogP contribution in [0.5, 0.6) is 0 Å². The number of aromatic nitrogens is 4. The van der Waals surface area contributed by atoms with Crippen LogP contribution in [-0.2, 0) is 0 Å². The normalized spacial score (nSPS) is 15.3. The number of anilines is 1. The predicted octanol–water partition coefficient (Wildman–Crippen LogP) is 1.22. The van der Waals surface area contributed by atoms with Crippen molar-refractivity contribution in [3.05, 3.63) is 36.0 Å². The van der Waals surface area contributed by atoms with E-state index in [-0.39, 0.29) is 5.91 Å². The zero-order valence-corrected chi connectivity index (χ0v) is 12.7. The molecule has 1 aliphatic rings. The van der Waals surface area contributed by atoms with Gasteiger partial charge >= 0.3 is 6.01 Å². The van der Waals surface area contributed by atoms with Crippen molar-refractivity contribution in [1.29, 1.82) is 0 Å². The third-order valence-electron chi connectivity index (χ3n) is 4.02. The minimum absolute atomic E-state index is 0.0304. The quantitative estimate of drug-likeness (QED) is 0.765. The monoisotopic (exact) mass is 312 g/mol. The van der Waals surface area contributed by atoms with Crippen molar-refractivity contribution < 1.29 is 9.21 Å². The average molecular weight is 312 g/mol. The van der Waals surface area contributed by atoms with Crippen LogP contribution in [0.4, 0.5) is 6.01 Å². The molecule has 1 N–H and O–H groups in total. The molecule has 1 fully saturated rings. The lowest BCUT2D eigenvalue weighted by molar-refractivity contribution is 0.0745. The average Bonchev–Trinajstić information content (AvgIpc) is 3.22. The van der Waals surface area contributed by atoms with E-state index < -0.39 is 0 Å². The molecule has 3 heterocycles. The summed E-state index contributed by atoms with van der Waals surface area (Å²) in [6.07, 6.45) is 1.63. The molecular formula is C15H16N6O2. The summed E-state index contributed by atoms with van der Waals surface area (Å²) in [5.41, 5.74) is 2.40. The molecular weight excluding hydrogens is 296 g/mol. The summed E-state index contributed by atoms with van der Waals surface area (Å²) in [6, 6.07) is 6.04. The van der Waals surface area contributed by atoms with Crippen molar-refractivity contribution in [3.8, 4) is 0 Å². The first-order chi connectivity index (χ1) is 11.2. The summed E-state index contributed by atoms with van der Waals surface area (Å²) in [5.74, 6) is 0.578. The minimum Gasteiger partial charge on any atom is -0.408 e. The number of aryl methyl sites for hydroxylation is 1. The number of nitrogens with one attached hydrogen (secondary N) is 1. The Morgan fingerprint density at radius 1 is 1.22 bits per heavy atom. The highest BCUT2D eigenvalue weighted by Gasteiger charge is 2.24. The fourth-order valence-electron chi connectivity index (χ4n) is 2.77. The number of nitrogens with zero attached hydrogens (tertiary/aromatic N) is 5. The Morgan fingerprint density at radius 3 is 2.78 bits per heavy atom. The number of hydrogen-bond donors (Lipinski definition) is 1. The zero-order valence-electron chi connectivity index (χ0n) is 12.7. The number of carbonyl (C=O) groups is 1. The Balaban J connectivity index is 1.46. The Morgan fingerprint density at radius 2 is 2.04 bits per heavy atom. The van der Waals surface area contributed by atoms with Gasteiger partial charge in [0.1, 0.15) is 0 Å². The number of hydrogen-bond acceptors (Lipinski definition) is 6. The SMILES string of the molecule is Cc1nnc(N2CCN(C(=O)c3ccc4nc[nH]c4c3)CC2)o1. The molecule has 1 amide bonds. The standard InChI is InChI=1S/C15H16N6O2/c1-10-18-19-15(23-10)21-6-4-20(5-7-21)14(22)11-2-3-12-13(8-11)17-9-16-12/h2-3,8-9H,4-7H2,1H3,(H,16,17). The number of piperazine rings is 1. The third kappa shape index (κ3) is 2.52. The summed E-state index contributed by atoms with van der Waals surface area (Å²) < 4.78 is 5.43. The van der Waals surface area contributed by atoms with E-state index in [1.807, 2.05) is 28.0 Å². The van der Waals surface area contributed by atoms with Crippen molar-refractivity contribution in [3.63, 3.8) is 0 Å². The van der Waals surface area contributed by atoms with Crippen molar-refractivity contribution in [2.75, 3.05) is 31.1 Å². The van der Waals surface area contributed by atoms with Gasteiger partial charge in [0, 0.05) is 38.7 Å². The summed E-state index contributed by atoms with van der Waals surface area (Å²) >= 11 is 0. The molecule has 8 heteroatoms. The maximum absolute atomic E-state index is 12.6. The number of rotatable bonds is 2. The Hall–Kier alpha value is -2.90. The maximum Gasteiger partial charge on any atom is 0.318 e. The number of imidazole rings is 1. The summed E-state index contributed by atoms with van der Waals surface area (Å²) in [4.78, 5) is 23.7. The molecule has 0 unspecified atom stereocenters. The molecule has 0 spiro atoms. The molecule has 1 saturated heterocycles. The van der Waals surface area contributed by atoms with Crippen LogP contribution in [0.1, 0.15) is 16.2 Å². The van der Waals surface area contributed by atoms with Crippen LogP contribution in [0.3, 0.4) is 0 Å². The molecule has 0 radical (unpaired) electrons. The molecule has 3 aromatic rings. The van der Waals surface area contributed by atoms with Crippen LogP contribution in [0.15, 0.2) is 28.9 Å². The highest BCUT2D eigenvalue weighted by Crippen LogP contribution is 2.17. The van der Waals surface area contributed by atoms with Gasteiger partial charge in [0.15, 0.2) is 0 Å². The van der Waals surface area contributed by atoms with Gasteiger partial charge < -0.3 is 19.2 Å². The van der Waals surface area contributed by atoms with Gasteiger partial charge in [0.25, 0.3) is 5.91 Å². The minimum atomic E-state index is 0.0304. The van der Waals surface area contributed by atoms with Crippen molar-refractivity contribution in [2.24, 2.45) is 0 Å². The second kappa shape index (κ2) is 5.38. The molecule has 118 valence electrons. The van der Waals surface area contributed by atoms with Gasteiger partial charge in [-0.15, -0.1) is 5.10 Å². The van der Waals surface area contributed by atoms with Gasteiger partial charge in [-0.2, -0.15) is 0 Å². The predicted molar refractivity (Wildman–Crippen MR) is 83.2 cm³/mol. The fourth-order valence-corrected chi connectivity index (χ4v) is 2.77. The summed E-state index contributed by atoms with van der Waals surface area (Å²) in [5, 5.41) is 7.86. The van der Waals surface area contributed by atoms with Crippen LogP contribution in [0.25, 0.3) is 11.0 Å². The topological polar surface area (TPSA) is 91.2 Å². The number of fused-ring (bicyclic) bond motifs is 1. The van der Waals surface area contributed by atoms with Gasteiger partial charge in [-0.25, -0.2) is 4.98 Å². The third-order valence-corrected chi connectivity index (χ3v) is 4.02. The van der Waals surface area contributed by atoms with E-state index in [2.05, 4.69) is 20.2 Å². The van der Waals surface area contributed by atoms with E-state index in [1.165, 1.54) is 0 Å². The lowest BCUT2D eigenvalue weighted by Crippen LogP contribution is -2.48. The number of carbonyl (C=O) groups excluding carboxylic acids is 1. The number of amides is 1. The van der Waals surface area contributed by atoms with Gasteiger partial charge in [0.2, 0.25) is 5.89 Å². The van der Waals surface area contributed by atoms with Crippen molar-refractivity contribution in [2.45, 2.75) is 6.92 Å². The van der Waals surface area contributed by atoms with Gasteiger partial charge in [-0.1, -0.05) is 5.10 Å². The van der Waals surface area contributed by atoms with Crippen LogP contribution in [0, 0.1) is 6.92 Å². The highest BCUT2D eigenvalue weighted by molar-refractivity contribution is 5.97. The Labute approximate surface area is 132 Å². The Kier molecular flexibility index (Phi) is 3.22. The van der Waals surface area contributed by atoms with E-state index in [1.54, 1.807) is 13.3 Å². The fraction of sp³-hybridized carbons (Fsp3) is 0.333. The van der Waals surface area contributed by atoms with E-state index >= 15 is 0 Å². The van der Waals surface area contributed by atoms with Crippen LogP contribution in [0.2, 0.25) is 0 Å². The number of H-pyrrole nitrogens is 1. The van der Waals surface area contributed by atoms with Gasteiger partial charge in [-0.05, 0) is 18.2 Å². The first kappa shape index (κ1) is 13.7. The molecule has 0 atom stereocenters. The molecule has 1 aliphatic heterocycles. The lowest BCUT2D eigenvalue weighted by atomic mass is 10.1. The Bertz CT molecular complexity index is 846. The molecule has 8 nitrogen and oxygen atoms in total. The smallest absolute Gasteiger partial charge is 0.318 e. The molecule has 23 heavy (non-hydrogen) atoms. The van der Waals surface area contributed by atoms with Crippen LogP contribution < -0.4 is 4.90 Å². The molecule has 0 aliphatic carbocycles. The second-order valence-electron chi connectivity index (χ2n) is 5.52. The van der Waals surface area contributed by atoms with E-state index in [0.717, 1.165) is 11.0 Å². The van der Waals surface area contributed by atoms with Crippen molar-refractivity contribution in [1.82, 2.24) is 25.1 Å². The summed E-state index contributed by atoms with van der Waals surface area (Å²) in [7, 11) is 0. The largest absolute Gasteiger partial charge is 0.408 e. The van der Waals surface area contributed by atoms with Crippen LogP contribution >= 0.6 is 0 Å². The lowest BCUT2D eigenvalue weighted by Gasteiger charge is -2.33. The first-order valence-corrected chi connectivity index (χ1v) is 7.48. The molecule has 0 bridgehead atoms. The molecule has 1 aromatic carbocycles. The highest BCUT2D eigenvalue weighted by atomic mass is 16.4. The second-order valence-corrected chi connectivity index (χ2v) is 5.52. The number of aromatic amines is 1. The molecule has 0 saturated carbocycles.